The number of likely N-dealkylation sites (tertiary alicyclic amines) is 1. The highest BCUT2D eigenvalue weighted by atomic mass is 35.5. The third kappa shape index (κ3) is 4.88. The molecule has 0 aromatic heterocycles. The number of methoxy groups -OCH3 is 1. The molecule has 1 aliphatic rings. The van der Waals surface area contributed by atoms with E-state index in [1.165, 1.54) is 18.9 Å². The number of benzene rings is 1. The zero-order chi connectivity index (χ0) is 17.6. The van der Waals surface area contributed by atoms with Gasteiger partial charge in [-0.3, -0.25) is 9.59 Å². The Bertz CT molecular complexity index is 594. The summed E-state index contributed by atoms with van der Waals surface area (Å²) in [5, 5.41) is 10.2. The number of carboxylic acid groups (broad SMARTS) is 1. The zero-order valence-corrected chi connectivity index (χ0v) is 15.2. The number of amides is 1. The predicted octanol–water partition coefficient (Wildman–Crippen LogP) is 2.91. The van der Waals surface area contributed by atoms with Crippen molar-refractivity contribution in [1.29, 1.82) is 0 Å². The zero-order valence-electron chi connectivity index (χ0n) is 13.7. The molecule has 1 unspecified atom stereocenters. The number of ether oxygens (including phenoxy) is 1. The van der Waals surface area contributed by atoms with Gasteiger partial charge in [0.25, 0.3) is 0 Å². The number of piperidine rings is 1. The maximum Gasteiger partial charge on any atom is 0.313 e. The lowest BCUT2D eigenvalue weighted by Gasteiger charge is -2.39. The third-order valence-corrected chi connectivity index (χ3v) is 5.41. The van der Waals surface area contributed by atoms with Gasteiger partial charge in [-0.15, -0.1) is 11.8 Å². The fourth-order valence-electron chi connectivity index (χ4n) is 2.95. The summed E-state index contributed by atoms with van der Waals surface area (Å²) in [7, 11) is 1.49. The van der Waals surface area contributed by atoms with Crippen LogP contribution in [0.25, 0.3) is 0 Å². The summed E-state index contributed by atoms with van der Waals surface area (Å²) in [6, 6.07) is 7.55. The molecule has 24 heavy (non-hydrogen) atoms. The van der Waals surface area contributed by atoms with E-state index in [0.717, 1.165) is 5.56 Å². The van der Waals surface area contributed by atoms with Gasteiger partial charge in [-0.25, -0.2) is 0 Å². The van der Waals surface area contributed by atoms with E-state index >= 15 is 0 Å². The third-order valence-electron chi connectivity index (χ3n) is 4.19. The average Bonchev–Trinajstić information content (AvgIpc) is 2.55. The van der Waals surface area contributed by atoms with Gasteiger partial charge in [0, 0.05) is 31.0 Å². The Hall–Kier alpha value is -1.24. The van der Waals surface area contributed by atoms with Gasteiger partial charge < -0.3 is 14.7 Å². The van der Waals surface area contributed by atoms with Gasteiger partial charge in [0.1, 0.15) is 5.41 Å². The Morgan fingerprint density at radius 2 is 2.25 bits per heavy atom. The summed E-state index contributed by atoms with van der Waals surface area (Å²) in [4.78, 5) is 25.7. The fourth-order valence-corrected chi connectivity index (χ4v) is 4.04. The molecule has 1 aromatic carbocycles. The summed E-state index contributed by atoms with van der Waals surface area (Å²) >= 11 is 7.46. The molecule has 132 valence electrons. The topological polar surface area (TPSA) is 66.8 Å². The lowest BCUT2D eigenvalue weighted by molar-refractivity contribution is -0.158. The minimum absolute atomic E-state index is 0.0246. The summed E-state index contributed by atoms with van der Waals surface area (Å²) < 4.78 is 5.09. The van der Waals surface area contributed by atoms with E-state index in [-0.39, 0.29) is 19.1 Å². The van der Waals surface area contributed by atoms with E-state index in [0.29, 0.717) is 35.9 Å². The molecule has 1 heterocycles. The van der Waals surface area contributed by atoms with Crippen molar-refractivity contribution in [1.82, 2.24) is 4.90 Å². The molecule has 7 heteroatoms. The van der Waals surface area contributed by atoms with Crippen LogP contribution in [0.1, 0.15) is 18.4 Å². The lowest BCUT2D eigenvalue weighted by atomic mass is 9.80. The largest absolute Gasteiger partial charge is 0.481 e. The molecule has 1 aromatic rings. The van der Waals surface area contributed by atoms with E-state index in [2.05, 4.69) is 0 Å². The number of hydrogen-bond acceptors (Lipinski definition) is 4. The van der Waals surface area contributed by atoms with Gasteiger partial charge in [0.05, 0.1) is 12.4 Å². The molecule has 0 radical (unpaired) electrons. The van der Waals surface area contributed by atoms with Crippen LogP contribution in [0.4, 0.5) is 0 Å². The fraction of sp³-hybridized carbons (Fsp3) is 0.529. The smallest absolute Gasteiger partial charge is 0.313 e. The van der Waals surface area contributed by atoms with Crippen molar-refractivity contribution in [2.45, 2.75) is 18.6 Å². The molecule has 1 amide bonds. The van der Waals surface area contributed by atoms with Gasteiger partial charge in [-0.05, 0) is 30.5 Å². The van der Waals surface area contributed by atoms with Crippen LogP contribution in [-0.4, -0.2) is 54.4 Å². The summed E-state index contributed by atoms with van der Waals surface area (Å²) in [5.41, 5.74) is 0.0820. The molecule has 2 rings (SSSR count). The normalized spacial score (nSPS) is 20.8. The van der Waals surface area contributed by atoms with Crippen molar-refractivity contribution in [3.8, 4) is 0 Å². The number of carboxylic acids is 1. The van der Waals surface area contributed by atoms with Crippen LogP contribution in [-0.2, 0) is 20.1 Å². The molecule has 0 saturated carbocycles. The molecule has 5 nitrogen and oxygen atoms in total. The molecular formula is C17H22ClNO4S. The van der Waals surface area contributed by atoms with Crippen molar-refractivity contribution >= 4 is 35.2 Å². The molecule has 1 fully saturated rings. The first-order chi connectivity index (χ1) is 11.5. The number of hydrogen-bond donors (Lipinski definition) is 1. The van der Waals surface area contributed by atoms with Crippen LogP contribution in [0, 0.1) is 5.41 Å². The van der Waals surface area contributed by atoms with E-state index in [1.807, 2.05) is 24.3 Å². The Morgan fingerprint density at radius 3 is 2.92 bits per heavy atom. The second-order valence-electron chi connectivity index (χ2n) is 6.06. The van der Waals surface area contributed by atoms with Crippen LogP contribution in [0.5, 0.6) is 0 Å². The summed E-state index contributed by atoms with van der Waals surface area (Å²) in [6.07, 6.45) is 1.22. The highest BCUT2D eigenvalue weighted by molar-refractivity contribution is 7.99. The van der Waals surface area contributed by atoms with Crippen LogP contribution in [0.15, 0.2) is 24.3 Å². The van der Waals surface area contributed by atoms with Gasteiger partial charge in [-0.1, -0.05) is 23.7 Å². The predicted molar refractivity (Wildman–Crippen MR) is 95.4 cm³/mol. The summed E-state index contributed by atoms with van der Waals surface area (Å²) in [6.45, 7) is 0.948. The lowest BCUT2D eigenvalue weighted by Crippen LogP contribution is -2.52. The molecular weight excluding hydrogens is 350 g/mol. The van der Waals surface area contributed by atoms with Gasteiger partial charge in [0.15, 0.2) is 0 Å². The second-order valence-corrected chi connectivity index (χ2v) is 7.48. The first-order valence-corrected chi connectivity index (χ1v) is 9.32. The summed E-state index contributed by atoms with van der Waals surface area (Å²) in [5.74, 6) is 0.106. The Labute approximate surface area is 151 Å². The Morgan fingerprint density at radius 1 is 1.46 bits per heavy atom. The number of aliphatic carboxylic acids is 1. The van der Waals surface area contributed by atoms with Crippen LogP contribution < -0.4 is 0 Å². The number of rotatable bonds is 7. The maximum atomic E-state index is 12.4. The first-order valence-electron chi connectivity index (χ1n) is 7.79. The average molecular weight is 372 g/mol. The molecule has 1 N–H and O–H groups in total. The molecule has 1 saturated heterocycles. The molecule has 1 aliphatic heterocycles. The molecule has 0 spiro atoms. The van der Waals surface area contributed by atoms with Gasteiger partial charge >= 0.3 is 5.97 Å². The second kappa shape index (κ2) is 8.74. The Balaban J connectivity index is 1.88. The first kappa shape index (κ1) is 19.1. The minimum atomic E-state index is -0.986. The van der Waals surface area contributed by atoms with E-state index in [9.17, 15) is 14.7 Å². The number of thioether (sulfide) groups is 1. The highest BCUT2D eigenvalue weighted by Crippen LogP contribution is 2.31. The van der Waals surface area contributed by atoms with Gasteiger partial charge in [0.2, 0.25) is 5.91 Å². The van der Waals surface area contributed by atoms with Crippen molar-refractivity contribution < 1.29 is 19.4 Å². The van der Waals surface area contributed by atoms with Gasteiger partial charge in [-0.2, -0.15) is 0 Å². The monoisotopic (exact) mass is 371 g/mol. The van der Waals surface area contributed by atoms with Crippen molar-refractivity contribution in [2.75, 3.05) is 32.6 Å². The number of carbonyl (C=O) groups is 2. The molecule has 0 bridgehead atoms. The number of carbonyl (C=O) groups excluding carboxylic acids is 1. The van der Waals surface area contributed by atoms with E-state index in [1.54, 1.807) is 4.90 Å². The molecule has 1 atom stereocenters. The number of nitrogens with zero attached hydrogens (tertiary/aromatic N) is 1. The SMILES string of the molecule is COCC1(C(=O)O)CCCN(C(=O)CSCc2cccc(Cl)c2)C1. The quantitative estimate of drug-likeness (QED) is 0.798. The van der Waals surface area contributed by atoms with Crippen molar-refractivity contribution in [3.05, 3.63) is 34.9 Å². The minimum Gasteiger partial charge on any atom is -0.481 e. The van der Waals surface area contributed by atoms with E-state index < -0.39 is 11.4 Å². The van der Waals surface area contributed by atoms with Crippen LogP contribution in [0.2, 0.25) is 5.02 Å². The van der Waals surface area contributed by atoms with Crippen molar-refractivity contribution in [2.24, 2.45) is 5.41 Å². The highest BCUT2D eigenvalue weighted by Gasteiger charge is 2.43. The Kier molecular flexibility index (Phi) is 6.95. The standard InChI is InChI=1S/C17H22ClNO4S/c1-23-12-17(16(21)22)6-3-7-19(11-17)15(20)10-24-9-13-4-2-5-14(18)8-13/h2,4-5,8H,3,6-7,9-12H2,1H3,(H,21,22). The van der Waals surface area contributed by atoms with Crippen LogP contribution in [0.3, 0.4) is 0 Å². The number of halogens is 1. The van der Waals surface area contributed by atoms with Crippen LogP contribution >= 0.6 is 23.4 Å². The van der Waals surface area contributed by atoms with Crippen molar-refractivity contribution in [3.63, 3.8) is 0 Å². The van der Waals surface area contributed by atoms with E-state index in [4.69, 9.17) is 16.3 Å². The molecule has 0 aliphatic carbocycles. The maximum absolute atomic E-state index is 12.4.